The maximum atomic E-state index is 13.6. The number of allylic oxidation sites excluding steroid dienone is 2. The van der Waals surface area contributed by atoms with Crippen LogP contribution in [0.5, 0.6) is 0 Å². The van der Waals surface area contributed by atoms with Crippen LogP contribution in [0.4, 0.5) is 4.79 Å². The van der Waals surface area contributed by atoms with E-state index in [0.29, 0.717) is 11.3 Å². The Labute approximate surface area is 209 Å². The normalized spacial score (nSPS) is 20.3. The Balaban J connectivity index is 2.21. The quantitative estimate of drug-likeness (QED) is 0.577. The van der Waals surface area contributed by atoms with E-state index in [1.165, 1.54) is 4.90 Å². The SMILES string of the molecule is CCOC(=O)C1=C(C)NC2=C(C1c1cccc(Cl)c1Cl)S(=O)(=O)CCN(C(=O)OC(C)(C)C)C2. The summed E-state index contributed by atoms with van der Waals surface area (Å²) in [5.41, 5.74) is 0.414. The van der Waals surface area contributed by atoms with Crippen molar-refractivity contribution in [1.82, 2.24) is 10.2 Å². The number of amides is 1. The number of benzene rings is 1. The third-order valence-electron chi connectivity index (χ3n) is 5.34. The molecule has 11 heteroatoms. The summed E-state index contributed by atoms with van der Waals surface area (Å²) in [4.78, 5) is 27.1. The molecule has 1 N–H and O–H groups in total. The second-order valence-electron chi connectivity index (χ2n) is 9.02. The molecule has 0 aliphatic carbocycles. The fourth-order valence-corrected chi connectivity index (χ4v) is 6.17. The third kappa shape index (κ3) is 5.37. The largest absolute Gasteiger partial charge is 0.463 e. The van der Waals surface area contributed by atoms with Gasteiger partial charge in [-0.2, -0.15) is 0 Å². The molecule has 1 aromatic carbocycles. The lowest BCUT2D eigenvalue weighted by atomic mass is 9.86. The Morgan fingerprint density at radius 1 is 1.24 bits per heavy atom. The minimum absolute atomic E-state index is 0.0311. The smallest absolute Gasteiger partial charge is 0.410 e. The van der Waals surface area contributed by atoms with E-state index in [0.717, 1.165) is 0 Å². The number of nitrogens with zero attached hydrogens (tertiary/aromatic N) is 1. The fourth-order valence-electron chi connectivity index (χ4n) is 3.97. The molecular weight excluding hydrogens is 503 g/mol. The standard InChI is InChI=1S/C23H28Cl2N2O6S/c1-6-32-21(28)17-13(2)26-16-12-27(22(29)33-23(3,4)5)10-11-34(30,31)20(16)18(17)14-8-7-9-15(24)19(14)25/h7-9,18,26H,6,10-12H2,1-5H3. The maximum Gasteiger partial charge on any atom is 0.410 e. The molecule has 0 radical (unpaired) electrons. The van der Waals surface area contributed by atoms with Crippen molar-refractivity contribution in [2.45, 2.75) is 46.1 Å². The van der Waals surface area contributed by atoms with Crippen LogP contribution in [0.3, 0.4) is 0 Å². The van der Waals surface area contributed by atoms with Gasteiger partial charge in [0.1, 0.15) is 5.60 Å². The molecule has 0 aromatic heterocycles. The predicted molar refractivity (Wildman–Crippen MR) is 130 cm³/mol. The van der Waals surface area contributed by atoms with Crippen LogP contribution >= 0.6 is 23.2 Å². The molecule has 2 aliphatic rings. The van der Waals surface area contributed by atoms with Crippen molar-refractivity contribution in [2.75, 3.05) is 25.4 Å². The third-order valence-corrected chi connectivity index (χ3v) is 8.05. The van der Waals surface area contributed by atoms with Crippen LogP contribution in [0, 0.1) is 0 Å². The van der Waals surface area contributed by atoms with Gasteiger partial charge in [-0.05, 0) is 46.2 Å². The monoisotopic (exact) mass is 530 g/mol. The lowest BCUT2D eigenvalue weighted by Crippen LogP contribution is -2.41. The second kappa shape index (κ2) is 9.79. The Morgan fingerprint density at radius 2 is 1.91 bits per heavy atom. The summed E-state index contributed by atoms with van der Waals surface area (Å²) < 4.78 is 37.9. The van der Waals surface area contributed by atoms with Crippen LogP contribution in [0.25, 0.3) is 0 Å². The molecule has 8 nitrogen and oxygen atoms in total. The van der Waals surface area contributed by atoms with Gasteiger partial charge in [0.05, 0.1) is 51.0 Å². The fraction of sp³-hybridized carbons (Fsp3) is 0.478. The molecule has 1 atom stereocenters. The Bertz CT molecular complexity index is 1180. The minimum Gasteiger partial charge on any atom is -0.463 e. The average Bonchev–Trinajstić information content (AvgIpc) is 2.84. The Hall–Kier alpha value is -2.23. The molecule has 2 aliphatic heterocycles. The maximum absolute atomic E-state index is 13.6. The lowest BCUT2D eigenvalue weighted by Gasteiger charge is -2.32. The van der Waals surface area contributed by atoms with Gasteiger partial charge in [0.15, 0.2) is 9.84 Å². The van der Waals surface area contributed by atoms with Gasteiger partial charge in [-0.3, -0.25) is 0 Å². The first-order chi connectivity index (χ1) is 15.8. The summed E-state index contributed by atoms with van der Waals surface area (Å²) in [6, 6.07) is 4.85. The lowest BCUT2D eigenvalue weighted by molar-refractivity contribution is -0.138. The van der Waals surface area contributed by atoms with Gasteiger partial charge in [-0.25, -0.2) is 18.0 Å². The molecule has 2 heterocycles. The average molecular weight is 531 g/mol. The summed E-state index contributed by atoms with van der Waals surface area (Å²) >= 11 is 12.8. The highest BCUT2D eigenvalue weighted by atomic mass is 35.5. The first kappa shape index (κ1) is 26.4. The second-order valence-corrected chi connectivity index (χ2v) is 11.9. The molecule has 0 fully saturated rings. The van der Waals surface area contributed by atoms with Gasteiger partial charge < -0.3 is 19.7 Å². The molecule has 34 heavy (non-hydrogen) atoms. The van der Waals surface area contributed by atoms with Gasteiger partial charge in [0.2, 0.25) is 0 Å². The zero-order valence-corrected chi connectivity index (χ0v) is 22.0. The van der Waals surface area contributed by atoms with Gasteiger partial charge in [-0.15, -0.1) is 0 Å². The zero-order chi connectivity index (χ0) is 25.4. The van der Waals surface area contributed by atoms with Crippen LogP contribution in [0.2, 0.25) is 10.0 Å². The summed E-state index contributed by atoms with van der Waals surface area (Å²) in [6.07, 6.45) is -0.631. The van der Waals surface area contributed by atoms with E-state index in [1.54, 1.807) is 52.8 Å². The van der Waals surface area contributed by atoms with E-state index in [4.69, 9.17) is 32.7 Å². The van der Waals surface area contributed by atoms with E-state index in [2.05, 4.69) is 5.32 Å². The van der Waals surface area contributed by atoms with Crippen molar-refractivity contribution in [3.05, 3.63) is 55.7 Å². The molecule has 0 bridgehead atoms. The Morgan fingerprint density at radius 3 is 2.53 bits per heavy atom. The number of dihydropyridines is 1. The van der Waals surface area contributed by atoms with E-state index < -0.39 is 33.4 Å². The van der Waals surface area contributed by atoms with Crippen molar-refractivity contribution < 1.29 is 27.5 Å². The van der Waals surface area contributed by atoms with Crippen molar-refractivity contribution >= 4 is 45.1 Å². The number of esters is 1. The summed E-state index contributed by atoms with van der Waals surface area (Å²) in [5.74, 6) is -2.06. The van der Waals surface area contributed by atoms with E-state index >= 15 is 0 Å². The van der Waals surface area contributed by atoms with Crippen molar-refractivity contribution in [1.29, 1.82) is 0 Å². The van der Waals surface area contributed by atoms with Gasteiger partial charge in [0, 0.05) is 12.2 Å². The van der Waals surface area contributed by atoms with Crippen LogP contribution in [-0.4, -0.2) is 56.4 Å². The summed E-state index contributed by atoms with van der Waals surface area (Å²) in [7, 11) is -3.94. The molecule has 0 spiro atoms. The number of hydrogen-bond acceptors (Lipinski definition) is 7. The number of carbonyl (C=O) groups is 2. The molecule has 186 valence electrons. The van der Waals surface area contributed by atoms with Gasteiger partial charge >= 0.3 is 12.1 Å². The number of sulfone groups is 1. The topological polar surface area (TPSA) is 102 Å². The number of carbonyl (C=O) groups excluding carboxylic acids is 2. The zero-order valence-electron chi connectivity index (χ0n) is 19.7. The summed E-state index contributed by atoms with van der Waals surface area (Å²) in [6.45, 7) is 8.50. The highest BCUT2D eigenvalue weighted by molar-refractivity contribution is 7.95. The molecule has 1 unspecified atom stereocenters. The first-order valence-corrected chi connectivity index (χ1v) is 13.2. The van der Waals surface area contributed by atoms with Crippen molar-refractivity contribution in [3.8, 4) is 0 Å². The van der Waals surface area contributed by atoms with Gasteiger partial charge in [-0.1, -0.05) is 35.3 Å². The van der Waals surface area contributed by atoms with Gasteiger partial charge in [0.25, 0.3) is 0 Å². The first-order valence-electron chi connectivity index (χ1n) is 10.8. The van der Waals surface area contributed by atoms with Crippen LogP contribution in [0.15, 0.2) is 40.1 Å². The highest BCUT2D eigenvalue weighted by Crippen LogP contribution is 2.46. The summed E-state index contributed by atoms with van der Waals surface area (Å²) in [5, 5.41) is 3.40. The highest BCUT2D eigenvalue weighted by Gasteiger charge is 2.44. The van der Waals surface area contributed by atoms with Crippen LogP contribution in [0.1, 0.15) is 46.1 Å². The number of halogens is 2. The minimum atomic E-state index is -3.94. The molecular formula is C23H28Cl2N2O6S. The number of rotatable bonds is 3. The molecule has 3 rings (SSSR count). The molecule has 0 saturated carbocycles. The molecule has 1 aromatic rings. The van der Waals surface area contributed by atoms with Crippen molar-refractivity contribution in [2.24, 2.45) is 0 Å². The van der Waals surface area contributed by atoms with Crippen molar-refractivity contribution in [3.63, 3.8) is 0 Å². The van der Waals surface area contributed by atoms with Crippen LogP contribution < -0.4 is 5.32 Å². The van der Waals surface area contributed by atoms with E-state index in [1.807, 2.05) is 0 Å². The predicted octanol–water partition coefficient (Wildman–Crippen LogP) is 4.39. The Kier molecular flexibility index (Phi) is 7.60. The van der Waals surface area contributed by atoms with Crippen LogP contribution in [-0.2, 0) is 24.1 Å². The van der Waals surface area contributed by atoms with E-state index in [9.17, 15) is 18.0 Å². The number of ether oxygens (including phenoxy) is 2. The number of hydrogen-bond donors (Lipinski definition) is 1. The number of nitrogens with one attached hydrogen (secondary N) is 1. The molecule has 0 saturated heterocycles. The molecule has 1 amide bonds. The van der Waals surface area contributed by atoms with E-state index in [-0.39, 0.29) is 51.7 Å².